The minimum absolute atomic E-state index is 0.634. The normalized spacial score (nSPS) is 11.7. The Bertz CT molecular complexity index is 1090. The summed E-state index contributed by atoms with van der Waals surface area (Å²) in [5.41, 5.74) is 4.44. The number of aromatic nitrogens is 1. The molecule has 0 atom stereocenters. The van der Waals surface area contributed by atoms with Crippen LogP contribution in [0.25, 0.3) is 11.3 Å². The monoisotopic (exact) mass is 390 g/mol. The molecule has 4 aromatic rings. The minimum atomic E-state index is 0.634. The zero-order valence-electron chi connectivity index (χ0n) is 16.0. The molecule has 0 aliphatic rings. The molecule has 0 aliphatic heterocycles. The second-order valence-electron chi connectivity index (χ2n) is 6.47. The van der Waals surface area contributed by atoms with E-state index in [4.69, 9.17) is 14.1 Å². The number of nitrogens with zero attached hydrogens (tertiary/aromatic N) is 2. The van der Waals surface area contributed by atoms with Gasteiger partial charge in [0.1, 0.15) is 11.5 Å². The molecule has 0 unspecified atom stereocenters. The van der Waals surface area contributed by atoms with Crippen LogP contribution in [0.4, 0.5) is 5.69 Å². The van der Waals surface area contributed by atoms with Crippen LogP contribution in [-0.2, 0) is 6.54 Å². The van der Waals surface area contributed by atoms with Gasteiger partial charge in [-0.05, 0) is 55.8 Å². The number of hydrogen-bond donors (Lipinski definition) is 0. The number of rotatable bonds is 6. The highest BCUT2D eigenvalue weighted by atomic mass is 32.1. The van der Waals surface area contributed by atoms with Gasteiger partial charge in [-0.15, -0.1) is 11.3 Å². The van der Waals surface area contributed by atoms with E-state index in [0.29, 0.717) is 13.2 Å². The van der Waals surface area contributed by atoms with Crippen LogP contribution in [-0.4, -0.2) is 11.2 Å². The molecule has 0 amide bonds. The van der Waals surface area contributed by atoms with Gasteiger partial charge in [0.25, 0.3) is 0 Å². The van der Waals surface area contributed by atoms with Crippen molar-refractivity contribution in [1.82, 2.24) is 4.57 Å². The van der Waals surface area contributed by atoms with Gasteiger partial charge in [-0.1, -0.05) is 29.8 Å². The summed E-state index contributed by atoms with van der Waals surface area (Å²) in [6.07, 6.45) is 1.71. The second-order valence-corrected chi connectivity index (χ2v) is 7.31. The van der Waals surface area contributed by atoms with Crippen LogP contribution >= 0.6 is 11.3 Å². The number of ether oxygens (including phenoxy) is 1. The minimum Gasteiger partial charge on any atom is -0.494 e. The zero-order valence-corrected chi connectivity index (χ0v) is 16.8. The average molecular weight is 391 g/mol. The number of aryl methyl sites for hydroxylation is 1. The topological polar surface area (TPSA) is 39.7 Å². The maximum Gasteiger partial charge on any atom is 0.190 e. The number of benzene rings is 2. The molecular weight excluding hydrogens is 368 g/mol. The molecule has 0 fully saturated rings. The fourth-order valence-electron chi connectivity index (χ4n) is 2.98. The predicted molar refractivity (Wildman–Crippen MR) is 113 cm³/mol. The van der Waals surface area contributed by atoms with Gasteiger partial charge in [0, 0.05) is 5.38 Å². The Hall–Kier alpha value is -3.05. The molecule has 0 saturated heterocycles. The van der Waals surface area contributed by atoms with Gasteiger partial charge in [-0.25, -0.2) is 4.99 Å². The van der Waals surface area contributed by atoms with E-state index in [9.17, 15) is 0 Å². The Labute approximate surface area is 168 Å². The Balaban J connectivity index is 1.76. The average Bonchev–Trinajstić information content (AvgIpc) is 3.35. The van der Waals surface area contributed by atoms with Gasteiger partial charge in [-0.2, -0.15) is 0 Å². The molecule has 0 radical (unpaired) electrons. The first-order valence-corrected chi connectivity index (χ1v) is 10.2. The van der Waals surface area contributed by atoms with E-state index >= 15 is 0 Å². The maximum atomic E-state index is 5.59. The largest absolute Gasteiger partial charge is 0.494 e. The lowest BCUT2D eigenvalue weighted by Crippen LogP contribution is -2.16. The molecule has 142 valence electrons. The number of furan rings is 1. The standard InChI is InChI=1S/C23H22N2O2S/c1-3-26-20-12-10-19(11-13-20)24-23-25(15-21-5-4-14-27-21)22(16-28-23)18-8-6-17(2)7-9-18/h4-14,16H,3,15H2,1-2H3. The van der Waals surface area contributed by atoms with Crippen molar-refractivity contribution < 1.29 is 9.15 Å². The maximum absolute atomic E-state index is 5.59. The Morgan fingerprint density at radius 3 is 2.50 bits per heavy atom. The van der Waals surface area contributed by atoms with E-state index in [1.807, 2.05) is 43.3 Å². The highest BCUT2D eigenvalue weighted by Gasteiger charge is 2.10. The molecule has 2 heterocycles. The summed E-state index contributed by atoms with van der Waals surface area (Å²) >= 11 is 1.63. The summed E-state index contributed by atoms with van der Waals surface area (Å²) in [5, 5.41) is 2.15. The fourth-order valence-corrected chi connectivity index (χ4v) is 3.91. The summed E-state index contributed by atoms with van der Waals surface area (Å²) < 4.78 is 13.3. The summed E-state index contributed by atoms with van der Waals surface area (Å²) in [6, 6.07) is 20.3. The van der Waals surface area contributed by atoms with Crippen LogP contribution < -0.4 is 9.54 Å². The van der Waals surface area contributed by atoms with E-state index in [-0.39, 0.29) is 0 Å². The van der Waals surface area contributed by atoms with Crippen molar-refractivity contribution >= 4 is 17.0 Å². The third kappa shape index (κ3) is 4.10. The molecule has 0 bridgehead atoms. The molecule has 4 rings (SSSR count). The molecular formula is C23H22N2O2S. The van der Waals surface area contributed by atoms with Crippen molar-refractivity contribution in [2.75, 3.05) is 6.61 Å². The van der Waals surface area contributed by atoms with Crippen LogP contribution in [0.3, 0.4) is 0 Å². The van der Waals surface area contributed by atoms with E-state index in [1.54, 1.807) is 17.6 Å². The second kappa shape index (κ2) is 8.31. The van der Waals surface area contributed by atoms with E-state index in [1.165, 1.54) is 11.1 Å². The lowest BCUT2D eigenvalue weighted by molar-refractivity contribution is 0.340. The number of hydrogen-bond acceptors (Lipinski definition) is 4. The quantitative estimate of drug-likeness (QED) is 0.417. The summed E-state index contributed by atoms with van der Waals surface area (Å²) in [4.78, 5) is 5.80. The lowest BCUT2D eigenvalue weighted by Gasteiger charge is -2.08. The Morgan fingerprint density at radius 2 is 1.82 bits per heavy atom. The van der Waals surface area contributed by atoms with Crippen LogP contribution in [0.1, 0.15) is 18.2 Å². The summed E-state index contributed by atoms with van der Waals surface area (Å²) in [6.45, 7) is 5.37. The third-order valence-electron chi connectivity index (χ3n) is 4.41. The van der Waals surface area contributed by atoms with E-state index < -0.39 is 0 Å². The highest BCUT2D eigenvalue weighted by Crippen LogP contribution is 2.23. The smallest absolute Gasteiger partial charge is 0.190 e. The van der Waals surface area contributed by atoms with Crippen molar-refractivity contribution in [1.29, 1.82) is 0 Å². The third-order valence-corrected chi connectivity index (χ3v) is 5.28. The first-order valence-electron chi connectivity index (χ1n) is 9.28. The summed E-state index contributed by atoms with van der Waals surface area (Å²) in [7, 11) is 0. The Kier molecular flexibility index (Phi) is 5.44. The highest BCUT2D eigenvalue weighted by molar-refractivity contribution is 7.07. The lowest BCUT2D eigenvalue weighted by atomic mass is 10.1. The molecule has 2 aromatic carbocycles. The zero-order chi connectivity index (χ0) is 19.3. The molecule has 5 heteroatoms. The molecule has 4 nitrogen and oxygen atoms in total. The molecule has 2 aromatic heterocycles. The molecule has 0 aliphatic carbocycles. The van der Waals surface area contributed by atoms with Gasteiger partial charge < -0.3 is 13.7 Å². The first-order chi connectivity index (χ1) is 13.7. The van der Waals surface area contributed by atoms with Crippen LogP contribution in [0.2, 0.25) is 0 Å². The van der Waals surface area contributed by atoms with Crippen molar-refractivity contribution in [3.63, 3.8) is 0 Å². The van der Waals surface area contributed by atoms with Gasteiger partial charge >= 0.3 is 0 Å². The van der Waals surface area contributed by atoms with Crippen molar-refractivity contribution in [2.45, 2.75) is 20.4 Å². The first kappa shape index (κ1) is 18.3. The molecule has 0 spiro atoms. The SMILES string of the molecule is CCOc1ccc(N=c2scc(-c3ccc(C)cc3)n2Cc2ccco2)cc1. The van der Waals surface area contributed by atoms with Crippen LogP contribution in [0.5, 0.6) is 5.75 Å². The predicted octanol–water partition coefficient (Wildman–Crippen LogP) is 5.80. The van der Waals surface area contributed by atoms with Crippen molar-refractivity contribution in [3.8, 4) is 17.0 Å². The van der Waals surface area contributed by atoms with Gasteiger partial charge in [0.2, 0.25) is 0 Å². The van der Waals surface area contributed by atoms with Gasteiger partial charge in [0.15, 0.2) is 4.80 Å². The van der Waals surface area contributed by atoms with E-state index in [2.05, 4.69) is 41.1 Å². The molecule has 0 N–H and O–H groups in total. The van der Waals surface area contributed by atoms with Gasteiger partial charge in [0.05, 0.1) is 30.8 Å². The Morgan fingerprint density at radius 1 is 1.04 bits per heavy atom. The summed E-state index contributed by atoms with van der Waals surface area (Å²) in [5.74, 6) is 1.76. The van der Waals surface area contributed by atoms with Crippen LogP contribution in [0, 0.1) is 6.92 Å². The van der Waals surface area contributed by atoms with E-state index in [0.717, 1.165) is 27.7 Å². The molecule has 0 saturated carbocycles. The van der Waals surface area contributed by atoms with Crippen LogP contribution in [0.15, 0.2) is 81.7 Å². The number of thiazole rings is 1. The van der Waals surface area contributed by atoms with Crippen molar-refractivity contribution in [2.24, 2.45) is 4.99 Å². The fraction of sp³-hybridized carbons (Fsp3) is 0.174. The van der Waals surface area contributed by atoms with Gasteiger partial charge in [-0.3, -0.25) is 0 Å². The molecule has 28 heavy (non-hydrogen) atoms. The van der Waals surface area contributed by atoms with Crippen molar-refractivity contribution in [3.05, 3.63) is 88.4 Å².